The Hall–Kier alpha value is -4.61. The highest BCUT2D eigenvalue weighted by molar-refractivity contribution is 6.34. The summed E-state index contributed by atoms with van der Waals surface area (Å²) in [5.74, 6) is -0.863. The largest absolute Gasteiger partial charge is 0.466 e. The van der Waals surface area contributed by atoms with Gasteiger partial charge in [0.05, 0.1) is 25.6 Å². The smallest absolute Gasteiger partial charge is 0.422 e. The zero-order valence-electron chi connectivity index (χ0n) is 23.8. The molecule has 1 unspecified atom stereocenters. The van der Waals surface area contributed by atoms with E-state index in [1.165, 1.54) is 11.0 Å². The highest BCUT2D eigenvalue weighted by Gasteiger charge is 2.25. The molecular formula is C31H31Cl2N5O6. The van der Waals surface area contributed by atoms with Gasteiger partial charge in [-0.05, 0) is 67.4 Å². The number of hydrogen-bond donors (Lipinski definition) is 3. The van der Waals surface area contributed by atoms with Gasteiger partial charge < -0.3 is 25.4 Å². The van der Waals surface area contributed by atoms with Crippen molar-refractivity contribution in [2.75, 3.05) is 31.6 Å². The van der Waals surface area contributed by atoms with Crippen LogP contribution in [-0.4, -0.2) is 61.0 Å². The fourth-order valence-electron chi connectivity index (χ4n) is 4.32. The number of nitrogens with zero attached hydrogens (tertiary/aromatic N) is 2. The lowest BCUT2D eigenvalue weighted by Gasteiger charge is -2.27. The minimum absolute atomic E-state index is 0.155. The van der Waals surface area contributed by atoms with Crippen LogP contribution in [0.4, 0.5) is 10.5 Å². The molecule has 4 rings (SSSR count). The van der Waals surface area contributed by atoms with Crippen LogP contribution in [0.5, 0.6) is 5.75 Å². The number of amides is 3. The molecule has 0 saturated heterocycles. The van der Waals surface area contributed by atoms with E-state index in [1.54, 1.807) is 67.6 Å². The number of rotatable bonds is 10. The van der Waals surface area contributed by atoms with Crippen molar-refractivity contribution in [1.29, 1.82) is 0 Å². The van der Waals surface area contributed by atoms with Crippen molar-refractivity contribution in [3.8, 4) is 5.75 Å². The van der Waals surface area contributed by atoms with Crippen molar-refractivity contribution in [3.63, 3.8) is 0 Å². The van der Waals surface area contributed by atoms with Gasteiger partial charge in [0.1, 0.15) is 5.75 Å². The second-order valence-electron chi connectivity index (χ2n) is 9.61. The van der Waals surface area contributed by atoms with Gasteiger partial charge >= 0.3 is 12.1 Å². The normalized spacial score (nSPS) is 13.2. The van der Waals surface area contributed by atoms with E-state index in [0.717, 1.165) is 0 Å². The first kappa shape index (κ1) is 32.3. The summed E-state index contributed by atoms with van der Waals surface area (Å²) in [4.78, 5) is 56.6. The predicted molar refractivity (Wildman–Crippen MR) is 167 cm³/mol. The van der Waals surface area contributed by atoms with Crippen molar-refractivity contribution in [1.82, 2.24) is 15.5 Å². The Bertz CT molecular complexity index is 1510. The number of carbonyl (C=O) groups is 4. The van der Waals surface area contributed by atoms with Gasteiger partial charge in [0.25, 0.3) is 5.91 Å². The number of para-hydroxylation sites is 1. The summed E-state index contributed by atoms with van der Waals surface area (Å²) in [6.07, 6.45) is -0.0641. The van der Waals surface area contributed by atoms with Crippen molar-refractivity contribution in [2.45, 2.75) is 25.8 Å². The molecule has 3 aromatic rings. The topological polar surface area (TPSA) is 138 Å². The highest BCUT2D eigenvalue weighted by Crippen LogP contribution is 2.26. The van der Waals surface area contributed by atoms with Crippen LogP contribution in [0, 0.1) is 0 Å². The summed E-state index contributed by atoms with van der Waals surface area (Å²) in [7, 11) is 0. The molecule has 3 aromatic carbocycles. The fraction of sp³-hybridized carbons (Fsp3) is 0.258. The van der Waals surface area contributed by atoms with Gasteiger partial charge in [0, 0.05) is 34.4 Å². The number of anilines is 1. The number of carbonyl (C=O) groups excluding carboxylic acids is 4. The maximum atomic E-state index is 12.9. The molecule has 3 N–H and O–H groups in total. The Morgan fingerprint density at radius 3 is 2.45 bits per heavy atom. The monoisotopic (exact) mass is 639 g/mol. The lowest BCUT2D eigenvalue weighted by atomic mass is 10.0. The van der Waals surface area contributed by atoms with E-state index in [4.69, 9.17) is 32.7 Å². The zero-order chi connectivity index (χ0) is 31.5. The van der Waals surface area contributed by atoms with Crippen LogP contribution in [0.3, 0.4) is 0 Å². The number of guanidine groups is 1. The van der Waals surface area contributed by atoms with Crippen LogP contribution in [-0.2, 0) is 14.3 Å². The molecule has 44 heavy (non-hydrogen) atoms. The molecule has 0 saturated carbocycles. The van der Waals surface area contributed by atoms with E-state index in [1.807, 2.05) is 6.07 Å². The molecule has 0 aromatic heterocycles. The third-order valence-electron chi connectivity index (χ3n) is 6.31. The van der Waals surface area contributed by atoms with Gasteiger partial charge in [-0.15, -0.1) is 0 Å². The standard InChI is InChI=1S/C31H31Cl2N5O6/c1-2-43-28(40)18-26(21-14-22(32)17-23(33)15-21)37-27(39)19-35-29(41)20-8-6-9-24(16-20)36-30-34-12-7-13-38(30)31(42)44-25-10-4-3-5-11-25/h3-6,8-11,14-17,26H,2,7,12-13,18-19H2,1H3,(H,34,36)(H,35,41)(H,37,39). The maximum Gasteiger partial charge on any atom is 0.422 e. The van der Waals surface area contributed by atoms with E-state index >= 15 is 0 Å². The molecule has 0 radical (unpaired) electrons. The number of benzene rings is 3. The van der Waals surface area contributed by atoms with Crippen molar-refractivity contribution >= 4 is 58.7 Å². The third kappa shape index (κ3) is 9.45. The molecule has 13 heteroatoms. The minimum Gasteiger partial charge on any atom is -0.466 e. The number of aliphatic imine (C=N–C) groups is 1. The molecule has 1 aliphatic heterocycles. The van der Waals surface area contributed by atoms with E-state index in [9.17, 15) is 19.2 Å². The Kier molecular flexibility index (Phi) is 11.6. The predicted octanol–water partition coefficient (Wildman–Crippen LogP) is 5.21. The number of nitrogens with one attached hydrogen (secondary N) is 3. The average molecular weight is 641 g/mol. The van der Waals surface area contributed by atoms with Gasteiger partial charge in [-0.1, -0.05) is 47.5 Å². The molecule has 1 aliphatic rings. The first-order valence-electron chi connectivity index (χ1n) is 13.9. The maximum absolute atomic E-state index is 12.9. The first-order chi connectivity index (χ1) is 21.2. The van der Waals surface area contributed by atoms with E-state index in [-0.39, 0.29) is 25.1 Å². The van der Waals surface area contributed by atoms with E-state index < -0.39 is 29.9 Å². The Morgan fingerprint density at radius 1 is 0.977 bits per heavy atom. The van der Waals surface area contributed by atoms with Gasteiger partial charge in [-0.2, -0.15) is 0 Å². The van der Waals surface area contributed by atoms with Crippen molar-refractivity contribution in [2.24, 2.45) is 4.99 Å². The quantitative estimate of drug-likeness (QED) is 0.259. The molecule has 11 nitrogen and oxygen atoms in total. The Labute approximate surface area is 264 Å². The summed E-state index contributed by atoms with van der Waals surface area (Å²) in [5, 5.41) is 9.08. The Balaban J connectivity index is 1.37. The molecule has 1 heterocycles. The van der Waals surface area contributed by atoms with Crippen LogP contribution in [0.1, 0.15) is 41.7 Å². The van der Waals surface area contributed by atoms with Crippen LogP contribution in [0.25, 0.3) is 0 Å². The van der Waals surface area contributed by atoms with E-state index in [2.05, 4.69) is 20.9 Å². The number of ether oxygens (including phenoxy) is 2. The summed E-state index contributed by atoms with van der Waals surface area (Å²) in [5.41, 5.74) is 1.29. The number of hydrogen-bond acceptors (Lipinski definition) is 8. The van der Waals surface area contributed by atoms with E-state index in [0.29, 0.717) is 52.5 Å². The van der Waals surface area contributed by atoms with Crippen molar-refractivity contribution < 1.29 is 28.7 Å². The SMILES string of the molecule is CCOC(=O)CC(NC(=O)CNC(=O)c1cccc(NC2=NCCCN2C(=O)Oc2ccccc2)c1)c1cc(Cl)cc(Cl)c1. The van der Waals surface area contributed by atoms with Gasteiger partial charge in [-0.3, -0.25) is 19.4 Å². The molecule has 0 fully saturated rings. The molecular weight excluding hydrogens is 609 g/mol. The average Bonchev–Trinajstić information content (AvgIpc) is 3.00. The summed E-state index contributed by atoms with van der Waals surface area (Å²) < 4.78 is 10.5. The Morgan fingerprint density at radius 2 is 1.73 bits per heavy atom. The molecule has 0 spiro atoms. The second kappa shape index (κ2) is 15.7. The molecule has 1 atom stereocenters. The second-order valence-corrected chi connectivity index (χ2v) is 10.5. The van der Waals surface area contributed by atoms with Gasteiger partial charge in [0.2, 0.25) is 11.9 Å². The number of halogens is 2. The molecule has 0 bridgehead atoms. The van der Waals surface area contributed by atoms with Crippen molar-refractivity contribution in [3.05, 3.63) is 94.0 Å². The summed E-state index contributed by atoms with van der Waals surface area (Å²) >= 11 is 12.2. The van der Waals surface area contributed by atoms with Crippen LogP contribution < -0.4 is 20.7 Å². The molecule has 3 amide bonds. The molecule has 0 aliphatic carbocycles. The number of esters is 1. The van der Waals surface area contributed by atoms with Gasteiger partial charge in [0.15, 0.2) is 0 Å². The first-order valence-corrected chi connectivity index (χ1v) is 14.6. The lowest BCUT2D eigenvalue weighted by Crippen LogP contribution is -2.45. The van der Waals surface area contributed by atoms with Crippen LogP contribution in [0.15, 0.2) is 77.8 Å². The summed E-state index contributed by atoms with van der Waals surface area (Å²) in [6.45, 7) is 2.43. The molecule has 230 valence electrons. The third-order valence-corrected chi connectivity index (χ3v) is 6.75. The zero-order valence-corrected chi connectivity index (χ0v) is 25.4. The van der Waals surface area contributed by atoms with Crippen LogP contribution >= 0.6 is 23.2 Å². The lowest BCUT2D eigenvalue weighted by molar-refractivity contribution is -0.143. The van der Waals surface area contributed by atoms with Crippen LogP contribution in [0.2, 0.25) is 10.0 Å². The fourth-order valence-corrected chi connectivity index (χ4v) is 4.87. The summed E-state index contributed by atoms with van der Waals surface area (Å²) in [6, 6.07) is 19.2. The minimum atomic E-state index is -0.782. The van der Waals surface area contributed by atoms with Gasteiger partial charge in [-0.25, -0.2) is 9.69 Å². The highest BCUT2D eigenvalue weighted by atomic mass is 35.5.